The van der Waals surface area contributed by atoms with Crippen molar-refractivity contribution in [3.63, 3.8) is 0 Å². The molecule has 0 spiro atoms. The number of nitrogens with zero attached hydrogens (tertiary/aromatic N) is 5. The maximum absolute atomic E-state index is 12.9. The number of hydrogen-bond acceptors (Lipinski definition) is 10. The Balaban J connectivity index is 1.16. The van der Waals surface area contributed by atoms with Crippen molar-refractivity contribution in [1.29, 1.82) is 0 Å². The van der Waals surface area contributed by atoms with E-state index in [1.165, 1.54) is 4.31 Å². The zero-order valence-corrected chi connectivity index (χ0v) is 22.8. The number of anilines is 4. The molecule has 6 rings (SSSR count). The van der Waals surface area contributed by atoms with Crippen LogP contribution in [0.25, 0.3) is 11.0 Å². The van der Waals surface area contributed by atoms with E-state index in [0.29, 0.717) is 53.9 Å². The highest BCUT2D eigenvalue weighted by Gasteiger charge is 2.29. The molecule has 3 N–H and O–H groups in total. The molecular formula is C25H28N8O4S2. The third-order valence-electron chi connectivity index (χ3n) is 6.76. The number of benzene rings is 2. The third-order valence-corrected chi connectivity index (χ3v) is 9.67. The van der Waals surface area contributed by atoms with Crippen LogP contribution < -0.4 is 15.5 Å². The second-order valence-corrected chi connectivity index (χ2v) is 13.6. The molecule has 1 aliphatic heterocycles. The first-order valence-corrected chi connectivity index (χ1v) is 15.9. The topological polar surface area (TPSA) is 153 Å². The molecule has 0 atom stereocenters. The Bertz CT molecular complexity index is 1710. The fraction of sp³-hybridized carbons (Fsp3) is 0.320. The van der Waals surface area contributed by atoms with Crippen LogP contribution in [0.2, 0.25) is 0 Å². The lowest BCUT2D eigenvalue weighted by molar-refractivity contribution is 0.385. The summed E-state index contributed by atoms with van der Waals surface area (Å²) in [6.07, 6.45) is 3.10. The molecule has 2 fully saturated rings. The van der Waals surface area contributed by atoms with Crippen molar-refractivity contribution in [2.24, 2.45) is 0 Å². The minimum Gasteiger partial charge on any atom is -0.369 e. The predicted molar refractivity (Wildman–Crippen MR) is 149 cm³/mol. The number of rotatable bonds is 8. The molecule has 14 heteroatoms. The lowest BCUT2D eigenvalue weighted by Crippen LogP contribution is -2.48. The van der Waals surface area contributed by atoms with E-state index in [1.807, 2.05) is 24.3 Å². The van der Waals surface area contributed by atoms with Crippen LogP contribution in [0.3, 0.4) is 0 Å². The summed E-state index contributed by atoms with van der Waals surface area (Å²) in [5, 5.41) is 13.5. The summed E-state index contributed by atoms with van der Waals surface area (Å²) >= 11 is 0. The minimum absolute atomic E-state index is 0.0757. The number of nitrogens with one attached hydrogen (secondary N) is 3. The number of H-pyrrole nitrogens is 1. The maximum Gasteiger partial charge on any atom is 0.243 e. The summed E-state index contributed by atoms with van der Waals surface area (Å²) in [7, 11) is -7.06. The first-order chi connectivity index (χ1) is 18.7. The molecule has 1 aliphatic carbocycles. The molecule has 1 saturated heterocycles. The molecule has 0 unspecified atom stereocenters. The van der Waals surface area contributed by atoms with Crippen LogP contribution >= 0.6 is 0 Å². The van der Waals surface area contributed by atoms with Crippen LogP contribution in [0.1, 0.15) is 12.8 Å². The number of fused-ring (bicyclic) bond motifs is 1. The van der Waals surface area contributed by atoms with E-state index >= 15 is 0 Å². The van der Waals surface area contributed by atoms with Gasteiger partial charge in [-0.1, -0.05) is 18.2 Å². The molecule has 1 saturated carbocycles. The van der Waals surface area contributed by atoms with Crippen molar-refractivity contribution in [2.45, 2.75) is 28.8 Å². The Labute approximate surface area is 226 Å². The van der Waals surface area contributed by atoms with E-state index in [0.717, 1.165) is 30.5 Å². The molecule has 2 aromatic heterocycles. The average molecular weight is 569 g/mol. The van der Waals surface area contributed by atoms with Crippen molar-refractivity contribution >= 4 is 54.0 Å². The van der Waals surface area contributed by atoms with Crippen molar-refractivity contribution < 1.29 is 16.8 Å². The van der Waals surface area contributed by atoms with Gasteiger partial charge in [0.25, 0.3) is 0 Å². The summed E-state index contributed by atoms with van der Waals surface area (Å²) in [5.74, 6) is 0.737. The summed E-state index contributed by atoms with van der Waals surface area (Å²) in [5.41, 5.74) is 2.07. The van der Waals surface area contributed by atoms with Crippen LogP contribution in [0.5, 0.6) is 0 Å². The van der Waals surface area contributed by atoms with Crippen molar-refractivity contribution in [3.8, 4) is 0 Å². The predicted octanol–water partition coefficient (Wildman–Crippen LogP) is 2.59. The number of hydrogen-bond donors (Lipinski definition) is 3. The Hall–Kier alpha value is -3.75. The first-order valence-electron chi connectivity index (χ1n) is 12.6. The quantitative estimate of drug-likeness (QED) is 0.289. The molecule has 4 aromatic rings. The van der Waals surface area contributed by atoms with Crippen LogP contribution in [-0.2, 0) is 19.9 Å². The zero-order chi connectivity index (χ0) is 27.2. The molecule has 0 amide bonds. The highest BCUT2D eigenvalue weighted by Crippen LogP contribution is 2.32. The van der Waals surface area contributed by atoms with Crippen molar-refractivity contribution in [2.75, 3.05) is 48.0 Å². The van der Waals surface area contributed by atoms with Gasteiger partial charge in [-0.15, -0.1) is 0 Å². The van der Waals surface area contributed by atoms with Gasteiger partial charge in [0.2, 0.25) is 16.0 Å². The highest BCUT2D eigenvalue weighted by molar-refractivity contribution is 7.90. The van der Waals surface area contributed by atoms with Gasteiger partial charge in [-0.25, -0.2) is 16.8 Å². The average Bonchev–Trinajstić information content (AvgIpc) is 3.63. The lowest BCUT2D eigenvalue weighted by atomic mass is 10.2. The highest BCUT2D eigenvalue weighted by atomic mass is 32.2. The second-order valence-electron chi connectivity index (χ2n) is 9.72. The Kier molecular flexibility index (Phi) is 6.40. The molecule has 12 nitrogen and oxygen atoms in total. The summed E-state index contributed by atoms with van der Waals surface area (Å²) < 4.78 is 51.8. The van der Waals surface area contributed by atoms with E-state index < -0.39 is 19.9 Å². The van der Waals surface area contributed by atoms with Gasteiger partial charge >= 0.3 is 0 Å². The van der Waals surface area contributed by atoms with Gasteiger partial charge in [0.1, 0.15) is 11.2 Å². The fourth-order valence-corrected chi connectivity index (χ4v) is 6.79. The van der Waals surface area contributed by atoms with E-state index in [1.54, 1.807) is 30.3 Å². The number of aromatic amines is 1. The summed E-state index contributed by atoms with van der Waals surface area (Å²) in [6.45, 7) is 1.97. The fourth-order valence-electron chi connectivity index (χ4n) is 4.57. The van der Waals surface area contributed by atoms with Crippen LogP contribution in [0.4, 0.5) is 23.1 Å². The Morgan fingerprint density at radius 2 is 1.59 bits per heavy atom. The summed E-state index contributed by atoms with van der Waals surface area (Å²) in [6, 6.07) is 16.5. The standard InChI is InChI=1S/C25H28N8O4S2/c1-38(34,35)24-21-22(26-17-7-8-17)28-25(29-23(21)30-31-24)27-18-9-11-19(12-10-18)32-13-15-33(16-14-32)39(36,37)20-5-3-2-4-6-20/h2-6,9-12,17H,7-8,13-16H2,1H3,(H3,26,27,28,29,30,31). The van der Waals surface area contributed by atoms with E-state index in [4.69, 9.17) is 0 Å². The van der Waals surface area contributed by atoms with Gasteiger partial charge < -0.3 is 15.5 Å². The molecule has 2 aromatic carbocycles. The number of piperazine rings is 1. The van der Waals surface area contributed by atoms with Gasteiger partial charge in [-0.2, -0.15) is 19.4 Å². The zero-order valence-electron chi connectivity index (χ0n) is 21.2. The first kappa shape index (κ1) is 25.5. The monoisotopic (exact) mass is 568 g/mol. The maximum atomic E-state index is 12.9. The van der Waals surface area contributed by atoms with Crippen LogP contribution in [0.15, 0.2) is 64.5 Å². The van der Waals surface area contributed by atoms with E-state index in [9.17, 15) is 16.8 Å². The Morgan fingerprint density at radius 1 is 0.897 bits per heavy atom. The van der Waals surface area contributed by atoms with Crippen LogP contribution in [-0.4, -0.2) is 79.8 Å². The molecule has 3 heterocycles. The van der Waals surface area contributed by atoms with Crippen LogP contribution in [0, 0.1) is 0 Å². The van der Waals surface area contributed by atoms with E-state index in [-0.39, 0.29) is 11.1 Å². The molecular weight excluding hydrogens is 540 g/mol. The SMILES string of the molecule is CS(=O)(=O)c1n[nH]c2nc(Nc3ccc(N4CCN(S(=O)(=O)c5ccccc5)CC4)cc3)nc(NC3CC3)c12. The second kappa shape index (κ2) is 9.77. The van der Waals surface area contributed by atoms with Gasteiger partial charge in [-0.3, -0.25) is 5.10 Å². The lowest BCUT2D eigenvalue weighted by Gasteiger charge is -2.35. The van der Waals surface area contributed by atoms with Crippen molar-refractivity contribution in [1.82, 2.24) is 24.5 Å². The number of sulfone groups is 1. The molecule has 39 heavy (non-hydrogen) atoms. The smallest absolute Gasteiger partial charge is 0.243 e. The molecule has 0 bridgehead atoms. The number of aromatic nitrogens is 4. The van der Waals surface area contributed by atoms with Gasteiger partial charge in [-0.05, 0) is 49.2 Å². The molecule has 0 radical (unpaired) electrons. The normalized spacial score (nSPS) is 16.9. The van der Waals surface area contributed by atoms with Crippen molar-refractivity contribution in [3.05, 3.63) is 54.6 Å². The molecule has 204 valence electrons. The van der Waals surface area contributed by atoms with Gasteiger partial charge in [0.15, 0.2) is 20.5 Å². The Morgan fingerprint density at radius 3 is 2.23 bits per heavy atom. The summed E-state index contributed by atoms with van der Waals surface area (Å²) in [4.78, 5) is 11.5. The molecule has 2 aliphatic rings. The largest absolute Gasteiger partial charge is 0.369 e. The van der Waals surface area contributed by atoms with Gasteiger partial charge in [0.05, 0.1) is 4.90 Å². The minimum atomic E-state index is -3.56. The van der Waals surface area contributed by atoms with E-state index in [2.05, 4.69) is 35.7 Å². The van der Waals surface area contributed by atoms with Gasteiger partial charge in [0, 0.05) is 49.9 Å². The number of sulfonamides is 1. The third kappa shape index (κ3) is 5.27.